The first-order chi connectivity index (χ1) is 8.76. The number of rotatable bonds is 5. The third-order valence-corrected chi connectivity index (χ3v) is 5.08. The quantitative estimate of drug-likeness (QED) is 0.799. The number of carboxylic acid groups (broad SMARTS) is 2. The van der Waals surface area contributed by atoms with Gasteiger partial charge in [0.15, 0.2) is 0 Å². The van der Waals surface area contributed by atoms with Crippen LogP contribution in [0.25, 0.3) is 0 Å². The van der Waals surface area contributed by atoms with Gasteiger partial charge < -0.3 is 10.2 Å². The summed E-state index contributed by atoms with van der Waals surface area (Å²) in [6, 6.07) is 0. The first-order valence-electron chi connectivity index (χ1n) is 7.23. The van der Waals surface area contributed by atoms with Gasteiger partial charge in [-0.15, -0.1) is 0 Å². The Hall–Kier alpha value is -1.06. The van der Waals surface area contributed by atoms with E-state index >= 15 is 0 Å². The van der Waals surface area contributed by atoms with Gasteiger partial charge in [0.05, 0.1) is 10.8 Å². The highest BCUT2D eigenvalue weighted by molar-refractivity contribution is 5.88. The van der Waals surface area contributed by atoms with Crippen molar-refractivity contribution in [3.05, 3.63) is 0 Å². The molecule has 0 aliphatic rings. The van der Waals surface area contributed by atoms with E-state index in [9.17, 15) is 19.8 Å². The lowest BCUT2D eigenvalue weighted by Gasteiger charge is -2.57. The van der Waals surface area contributed by atoms with E-state index < -0.39 is 33.6 Å². The van der Waals surface area contributed by atoms with Gasteiger partial charge in [-0.1, -0.05) is 55.4 Å². The Morgan fingerprint density at radius 3 is 0.950 bits per heavy atom. The van der Waals surface area contributed by atoms with Crippen LogP contribution in [0, 0.1) is 21.7 Å². The van der Waals surface area contributed by atoms with Crippen molar-refractivity contribution in [1.82, 2.24) is 0 Å². The van der Waals surface area contributed by atoms with Crippen molar-refractivity contribution in [2.24, 2.45) is 21.7 Å². The normalized spacial score (nSPS) is 19.0. The zero-order chi connectivity index (χ0) is 16.6. The fourth-order valence-electron chi connectivity index (χ4n) is 4.25. The second-order valence-electron chi connectivity index (χ2n) is 7.63. The minimum atomic E-state index is -1.33. The van der Waals surface area contributed by atoms with Crippen molar-refractivity contribution < 1.29 is 19.8 Å². The molecule has 0 heterocycles. The maximum Gasteiger partial charge on any atom is 0.311 e. The molecule has 0 saturated carbocycles. The fourth-order valence-corrected chi connectivity index (χ4v) is 4.25. The van der Waals surface area contributed by atoms with E-state index in [0.29, 0.717) is 0 Å². The summed E-state index contributed by atoms with van der Waals surface area (Å²) >= 11 is 0. The molecule has 4 nitrogen and oxygen atoms in total. The SMILES string of the molecule is CCC(C(=O)O)(C(C)(C)C)C(CC)(C(=O)O)C(C)(C)C. The van der Waals surface area contributed by atoms with Gasteiger partial charge in [0.1, 0.15) is 0 Å². The minimum Gasteiger partial charge on any atom is -0.481 e. The van der Waals surface area contributed by atoms with Gasteiger partial charge >= 0.3 is 11.9 Å². The lowest BCUT2D eigenvalue weighted by Crippen LogP contribution is -2.63. The van der Waals surface area contributed by atoms with E-state index in [1.165, 1.54) is 0 Å². The van der Waals surface area contributed by atoms with Crippen LogP contribution in [0.3, 0.4) is 0 Å². The van der Waals surface area contributed by atoms with Gasteiger partial charge in [0.2, 0.25) is 0 Å². The molecule has 0 aromatic rings. The molecule has 0 aromatic carbocycles. The molecule has 2 N–H and O–H groups in total. The predicted octanol–water partition coefficient (Wildman–Crippen LogP) is 4.04. The first-order valence-corrected chi connectivity index (χ1v) is 7.23. The van der Waals surface area contributed by atoms with E-state index in [1.54, 1.807) is 13.8 Å². The molecule has 0 fully saturated rings. The molecule has 0 aromatic heterocycles. The van der Waals surface area contributed by atoms with Gasteiger partial charge in [-0.05, 0) is 23.7 Å². The first kappa shape index (κ1) is 18.9. The number of hydrogen-bond donors (Lipinski definition) is 2. The van der Waals surface area contributed by atoms with Crippen LogP contribution < -0.4 is 0 Å². The third kappa shape index (κ3) is 2.23. The number of carbonyl (C=O) groups is 2. The Labute approximate surface area is 122 Å². The van der Waals surface area contributed by atoms with E-state index in [-0.39, 0.29) is 12.8 Å². The molecule has 0 amide bonds. The molecule has 20 heavy (non-hydrogen) atoms. The van der Waals surface area contributed by atoms with E-state index in [1.807, 2.05) is 41.5 Å². The molecular weight excluding hydrogens is 256 g/mol. The largest absolute Gasteiger partial charge is 0.481 e. The Bertz CT molecular complexity index is 348. The van der Waals surface area contributed by atoms with Crippen LogP contribution in [0.1, 0.15) is 68.2 Å². The fraction of sp³-hybridized carbons (Fsp3) is 0.875. The van der Waals surface area contributed by atoms with E-state index in [4.69, 9.17) is 0 Å². The van der Waals surface area contributed by atoms with Crippen LogP contribution in [-0.2, 0) is 9.59 Å². The molecule has 0 saturated heterocycles. The number of aliphatic carboxylic acids is 2. The summed E-state index contributed by atoms with van der Waals surface area (Å²) in [5.41, 5.74) is -4.01. The minimum absolute atomic E-state index is 0.281. The highest BCUT2D eigenvalue weighted by atomic mass is 16.4. The zero-order valence-corrected chi connectivity index (χ0v) is 14.1. The number of carboxylic acids is 2. The maximum atomic E-state index is 12.2. The van der Waals surface area contributed by atoms with E-state index in [2.05, 4.69) is 0 Å². The molecule has 0 bridgehead atoms. The molecule has 0 aliphatic heterocycles. The van der Waals surface area contributed by atoms with Crippen LogP contribution in [0.15, 0.2) is 0 Å². The maximum absolute atomic E-state index is 12.2. The summed E-state index contributed by atoms with van der Waals surface area (Å²) in [6.45, 7) is 14.5. The van der Waals surface area contributed by atoms with Crippen LogP contribution in [0.5, 0.6) is 0 Å². The Kier molecular flexibility index (Phi) is 5.09. The summed E-state index contributed by atoms with van der Waals surface area (Å²) < 4.78 is 0. The van der Waals surface area contributed by atoms with Crippen molar-refractivity contribution in [3.8, 4) is 0 Å². The van der Waals surface area contributed by atoms with Gasteiger partial charge in [0.25, 0.3) is 0 Å². The monoisotopic (exact) mass is 286 g/mol. The average molecular weight is 286 g/mol. The van der Waals surface area contributed by atoms with Crippen LogP contribution in [0.2, 0.25) is 0 Å². The van der Waals surface area contributed by atoms with E-state index in [0.717, 1.165) is 0 Å². The standard InChI is InChI=1S/C16H30O4/c1-9-15(11(17)18,13(3,4)5)16(10-2,12(19)20)14(6,7)8/h9-10H2,1-8H3,(H,17,18)(H,19,20). The molecule has 4 heteroatoms. The molecule has 0 rings (SSSR count). The molecule has 0 spiro atoms. The van der Waals surface area contributed by atoms with Gasteiger partial charge in [-0.2, -0.15) is 0 Å². The van der Waals surface area contributed by atoms with Crippen molar-refractivity contribution >= 4 is 11.9 Å². The predicted molar refractivity (Wildman–Crippen MR) is 79.6 cm³/mol. The summed E-state index contributed by atoms with van der Waals surface area (Å²) in [7, 11) is 0. The molecular formula is C16H30O4. The lowest BCUT2D eigenvalue weighted by molar-refractivity contribution is -0.204. The topological polar surface area (TPSA) is 74.6 Å². The van der Waals surface area contributed by atoms with Crippen LogP contribution in [0.4, 0.5) is 0 Å². The second-order valence-corrected chi connectivity index (χ2v) is 7.63. The van der Waals surface area contributed by atoms with Gasteiger partial charge in [-0.3, -0.25) is 9.59 Å². The summed E-state index contributed by atoms with van der Waals surface area (Å²) in [4.78, 5) is 24.4. The van der Waals surface area contributed by atoms with Crippen LogP contribution >= 0.6 is 0 Å². The Balaban J connectivity index is 6.80. The highest BCUT2D eigenvalue weighted by Crippen LogP contribution is 2.63. The second kappa shape index (κ2) is 5.38. The average Bonchev–Trinajstić information content (AvgIpc) is 2.20. The summed E-state index contributed by atoms with van der Waals surface area (Å²) in [5, 5.41) is 20.0. The van der Waals surface area contributed by atoms with Gasteiger partial charge in [0, 0.05) is 0 Å². The van der Waals surface area contributed by atoms with Gasteiger partial charge in [-0.25, -0.2) is 0 Å². The summed E-state index contributed by atoms with van der Waals surface area (Å²) in [6.07, 6.45) is 0.562. The molecule has 118 valence electrons. The van der Waals surface area contributed by atoms with Crippen molar-refractivity contribution in [3.63, 3.8) is 0 Å². The Morgan fingerprint density at radius 2 is 0.900 bits per heavy atom. The molecule has 2 unspecified atom stereocenters. The molecule has 0 aliphatic carbocycles. The lowest BCUT2D eigenvalue weighted by atomic mass is 9.43. The highest BCUT2D eigenvalue weighted by Gasteiger charge is 2.68. The Morgan fingerprint density at radius 1 is 0.700 bits per heavy atom. The smallest absolute Gasteiger partial charge is 0.311 e. The van der Waals surface area contributed by atoms with Crippen molar-refractivity contribution in [1.29, 1.82) is 0 Å². The van der Waals surface area contributed by atoms with Crippen molar-refractivity contribution in [2.75, 3.05) is 0 Å². The zero-order valence-electron chi connectivity index (χ0n) is 14.1. The van der Waals surface area contributed by atoms with Crippen molar-refractivity contribution in [2.45, 2.75) is 68.2 Å². The molecule has 0 radical (unpaired) electrons. The van der Waals surface area contributed by atoms with Crippen LogP contribution in [-0.4, -0.2) is 22.2 Å². The number of hydrogen-bond acceptors (Lipinski definition) is 2. The third-order valence-electron chi connectivity index (χ3n) is 5.08. The molecule has 2 atom stereocenters. The summed E-state index contributed by atoms with van der Waals surface area (Å²) in [5.74, 6) is -2.04.